The smallest absolute Gasteiger partial charge is 0.248 e. The molecule has 2 fully saturated rings. The van der Waals surface area contributed by atoms with Crippen LogP contribution in [-0.2, 0) is 9.59 Å². The van der Waals surface area contributed by atoms with Gasteiger partial charge in [0, 0.05) is 25.2 Å². The van der Waals surface area contributed by atoms with E-state index in [1.165, 1.54) is 6.08 Å². The van der Waals surface area contributed by atoms with Crippen molar-refractivity contribution in [3.05, 3.63) is 65.7 Å². The molecule has 0 radical (unpaired) electrons. The molecule has 1 unspecified atom stereocenters. The van der Waals surface area contributed by atoms with E-state index < -0.39 is 12.1 Å². The molecular weight excluding hydrogens is 416 g/mol. The van der Waals surface area contributed by atoms with Crippen LogP contribution in [0.15, 0.2) is 54.6 Å². The van der Waals surface area contributed by atoms with E-state index >= 15 is 0 Å². The summed E-state index contributed by atoms with van der Waals surface area (Å²) in [6, 6.07) is 14.6. The molecule has 2 amide bonds. The van der Waals surface area contributed by atoms with Crippen LogP contribution in [0.3, 0.4) is 0 Å². The number of nitrogen functional groups attached to an aromatic ring is 1. The molecule has 5 N–H and O–H groups in total. The Morgan fingerprint density at radius 1 is 1.06 bits per heavy atom. The number of amides is 2. The van der Waals surface area contributed by atoms with E-state index in [2.05, 4.69) is 15.5 Å². The van der Waals surface area contributed by atoms with E-state index in [4.69, 9.17) is 5.73 Å². The SMILES string of the molecule is Nc1ccccc1NC(=O)/C=C/c1ccc(C(C(=O)NC2CCCC2)N2CC[C@H](O)C2)cc1. The third-order valence-corrected chi connectivity index (χ3v) is 6.41. The molecule has 2 aliphatic rings. The van der Waals surface area contributed by atoms with Gasteiger partial charge in [0.25, 0.3) is 0 Å². The van der Waals surface area contributed by atoms with E-state index in [0.717, 1.165) is 36.8 Å². The highest BCUT2D eigenvalue weighted by molar-refractivity contribution is 6.03. The van der Waals surface area contributed by atoms with Gasteiger partial charge in [-0.25, -0.2) is 0 Å². The molecule has 0 spiro atoms. The molecule has 0 bridgehead atoms. The van der Waals surface area contributed by atoms with Crippen LogP contribution in [0.2, 0.25) is 0 Å². The van der Waals surface area contributed by atoms with Crippen LogP contribution in [0.25, 0.3) is 6.08 Å². The number of anilines is 2. The Morgan fingerprint density at radius 2 is 1.79 bits per heavy atom. The van der Waals surface area contributed by atoms with Crippen LogP contribution in [0.1, 0.15) is 49.3 Å². The Kier molecular flexibility index (Phi) is 7.42. The Labute approximate surface area is 194 Å². The zero-order valence-electron chi connectivity index (χ0n) is 18.7. The van der Waals surface area contributed by atoms with Crippen LogP contribution < -0.4 is 16.4 Å². The first kappa shape index (κ1) is 23.0. The average molecular weight is 449 g/mol. The summed E-state index contributed by atoms with van der Waals surface area (Å²) in [5.41, 5.74) is 8.69. The lowest BCUT2D eigenvalue weighted by Gasteiger charge is -2.28. The third-order valence-electron chi connectivity index (χ3n) is 6.41. The molecule has 1 aliphatic heterocycles. The van der Waals surface area contributed by atoms with Crippen molar-refractivity contribution in [2.45, 2.75) is 50.3 Å². The molecule has 1 saturated heterocycles. The van der Waals surface area contributed by atoms with Gasteiger partial charge in [0.1, 0.15) is 6.04 Å². The number of nitrogens with zero attached hydrogens (tertiary/aromatic N) is 1. The topological polar surface area (TPSA) is 108 Å². The van der Waals surface area contributed by atoms with Gasteiger partial charge in [0.2, 0.25) is 11.8 Å². The number of para-hydroxylation sites is 2. The predicted molar refractivity (Wildman–Crippen MR) is 130 cm³/mol. The molecule has 1 heterocycles. The summed E-state index contributed by atoms with van der Waals surface area (Å²) in [4.78, 5) is 27.5. The summed E-state index contributed by atoms with van der Waals surface area (Å²) in [5, 5.41) is 16.0. The van der Waals surface area contributed by atoms with Gasteiger partial charge in [0.15, 0.2) is 0 Å². The molecular formula is C26H32N4O3. The lowest BCUT2D eigenvalue weighted by molar-refractivity contribution is -0.127. The summed E-state index contributed by atoms with van der Waals surface area (Å²) in [5.74, 6) is -0.268. The number of aliphatic hydroxyl groups excluding tert-OH is 1. The fraction of sp³-hybridized carbons (Fsp3) is 0.385. The first-order valence-corrected chi connectivity index (χ1v) is 11.7. The summed E-state index contributed by atoms with van der Waals surface area (Å²) in [6.45, 7) is 1.18. The molecule has 7 nitrogen and oxygen atoms in total. The second kappa shape index (κ2) is 10.6. The van der Waals surface area contributed by atoms with Gasteiger partial charge in [-0.15, -0.1) is 0 Å². The third kappa shape index (κ3) is 6.00. The molecule has 33 heavy (non-hydrogen) atoms. The number of carbonyl (C=O) groups excluding carboxylic acids is 2. The van der Waals surface area contributed by atoms with Gasteiger partial charge in [-0.3, -0.25) is 14.5 Å². The lowest BCUT2D eigenvalue weighted by atomic mass is 10.0. The Morgan fingerprint density at radius 3 is 2.45 bits per heavy atom. The van der Waals surface area contributed by atoms with Crippen molar-refractivity contribution in [2.24, 2.45) is 0 Å². The van der Waals surface area contributed by atoms with Crippen molar-refractivity contribution >= 4 is 29.3 Å². The number of aliphatic hydroxyl groups is 1. The van der Waals surface area contributed by atoms with Crippen molar-refractivity contribution in [2.75, 3.05) is 24.1 Å². The van der Waals surface area contributed by atoms with Crippen molar-refractivity contribution in [1.82, 2.24) is 10.2 Å². The largest absolute Gasteiger partial charge is 0.397 e. The second-order valence-electron chi connectivity index (χ2n) is 8.91. The number of nitrogens with two attached hydrogens (primary N) is 1. The molecule has 174 valence electrons. The minimum atomic E-state index is -0.426. The number of hydrogen-bond acceptors (Lipinski definition) is 5. The van der Waals surface area contributed by atoms with Crippen LogP contribution >= 0.6 is 0 Å². The summed E-state index contributed by atoms with van der Waals surface area (Å²) < 4.78 is 0. The molecule has 2 atom stereocenters. The van der Waals surface area contributed by atoms with Gasteiger partial charge in [-0.1, -0.05) is 49.2 Å². The number of carbonyl (C=O) groups is 2. The number of rotatable bonds is 7. The van der Waals surface area contributed by atoms with Crippen LogP contribution in [0.5, 0.6) is 0 Å². The van der Waals surface area contributed by atoms with Crippen LogP contribution in [0, 0.1) is 0 Å². The zero-order valence-corrected chi connectivity index (χ0v) is 18.7. The fourth-order valence-electron chi connectivity index (χ4n) is 4.63. The van der Waals surface area contributed by atoms with Crippen molar-refractivity contribution < 1.29 is 14.7 Å². The highest BCUT2D eigenvalue weighted by atomic mass is 16.3. The monoisotopic (exact) mass is 448 g/mol. The Hall–Kier alpha value is -3.16. The minimum Gasteiger partial charge on any atom is -0.397 e. The summed E-state index contributed by atoms with van der Waals surface area (Å²) >= 11 is 0. The first-order valence-electron chi connectivity index (χ1n) is 11.7. The number of nitrogens with one attached hydrogen (secondary N) is 2. The van der Waals surface area contributed by atoms with Gasteiger partial charge >= 0.3 is 0 Å². The van der Waals surface area contributed by atoms with E-state index in [0.29, 0.717) is 30.9 Å². The predicted octanol–water partition coefficient (Wildman–Crippen LogP) is 3.09. The van der Waals surface area contributed by atoms with Crippen molar-refractivity contribution in [1.29, 1.82) is 0 Å². The van der Waals surface area contributed by atoms with E-state index in [1.54, 1.807) is 18.2 Å². The quantitative estimate of drug-likeness (QED) is 0.385. The summed E-state index contributed by atoms with van der Waals surface area (Å²) in [7, 11) is 0. The van der Waals surface area contributed by atoms with E-state index in [1.807, 2.05) is 36.4 Å². The maximum atomic E-state index is 13.2. The number of benzene rings is 2. The minimum absolute atomic E-state index is 0.000815. The molecule has 1 aliphatic carbocycles. The average Bonchev–Trinajstić information content (AvgIpc) is 3.47. The van der Waals surface area contributed by atoms with Gasteiger partial charge < -0.3 is 21.5 Å². The van der Waals surface area contributed by atoms with Crippen LogP contribution in [-0.4, -0.2) is 47.1 Å². The fourth-order valence-corrected chi connectivity index (χ4v) is 4.63. The summed E-state index contributed by atoms with van der Waals surface area (Å²) in [6.07, 6.45) is 7.84. The number of β-amino-alcohol motifs (C(OH)–C–C–N with tert-alkyl or cyclic N) is 1. The van der Waals surface area contributed by atoms with Crippen LogP contribution in [0.4, 0.5) is 11.4 Å². The lowest BCUT2D eigenvalue weighted by Crippen LogP contribution is -2.43. The standard InChI is InChI=1S/C26H32N4O3/c27-22-7-3-4-8-23(22)29-24(32)14-11-18-9-12-19(13-10-18)25(30-16-15-21(31)17-30)26(33)28-20-5-1-2-6-20/h3-4,7-14,20-21,25,31H,1-2,5-6,15-17,27H2,(H,28,33)(H,29,32)/b14-11+/t21-,25?/m0/s1. The normalized spacial score (nSPS) is 20.2. The Balaban J connectivity index is 1.44. The maximum absolute atomic E-state index is 13.2. The number of likely N-dealkylation sites (tertiary alicyclic amines) is 1. The van der Waals surface area contributed by atoms with Crippen molar-refractivity contribution in [3.8, 4) is 0 Å². The van der Waals surface area contributed by atoms with E-state index in [-0.39, 0.29) is 17.9 Å². The Bertz CT molecular complexity index is 999. The van der Waals surface area contributed by atoms with Gasteiger partial charge in [-0.2, -0.15) is 0 Å². The molecule has 7 heteroatoms. The first-order chi connectivity index (χ1) is 16.0. The zero-order chi connectivity index (χ0) is 23.2. The van der Waals surface area contributed by atoms with Gasteiger partial charge in [0.05, 0.1) is 17.5 Å². The van der Waals surface area contributed by atoms with Crippen molar-refractivity contribution in [3.63, 3.8) is 0 Å². The molecule has 4 rings (SSSR count). The van der Waals surface area contributed by atoms with Gasteiger partial charge in [-0.05, 0) is 48.6 Å². The number of hydrogen-bond donors (Lipinski definition) is 4. The highest BCUT2D eigenvalue weighted by Gasteiger charge is 2.34. The molecule has 2 aromatic carbocycles. The second-order valence-corrected chi connectivity index (χ2v) is 8.91. The molecule has 2 aromatic rings. The molecule has 1 saturated carbocycles. The molecule has 0 aromatic heterocycles. The van der Waals surface area contributed by atoms with E-state index in [9.17, 15) is 14.7 Å². The maximum Gasteiger partial charge on any atom is 0.248 e. The highest BCUT2D eigenvalue weighted by Crippen LogP contribution is 2.28.